The van der Waals surface area contributed by atoms with Crippen LogP contribution in [0, 0.1) is 6.92 Å². The number of aryl methyl sites for hydroxylation is 1. The molecule has 0 atom stereocenters. The van der Waals surface area contributed by atoms with Gasteiger partial charge < -0.3 is 19.9 Å². The average Bonchev–Trinajstić information content (AvgIpc) is 3.21. The van der Waals surface area contributed by atoms with Crippen molar-refractivity contribution in [2.45, 2.75) is 32.7 Å². The van der Waals surface area contributed by atoms with Crippen molar-refractivity contribution in [2.24, 2.45) is 0 Å². The van der Waals surface area contributed by atoms with E-state index in [4.69, 9.17) is 9.72 Å². The molecule has 34 heavy (non-hydrogen) atoms. The Morgan fingerprint density at radius 3 is 2.59 bits per heavy atom. The first-order chi connectivity index (χ1) is 16.6. The predicted molar refractivity (Wildman–Crippen MR) is 135 cm³/mol. The fourth-order valence-electron chi connectivity index (χ4n) is 4.65. The number of nitrogens with one attached hydrogen (secondary N) is 2. The van der Waals surface area contributed by atoms with E-state index < -0.39 is 0 Å². The van der Waals surface area contributed by atoms with E-state index in [0.717, 1.165) is 42.9 Å². The molecule has 2 aromatic carbocycles. The molecule has 0 radical (unpaired) electrons. The van der Waals surface area contributed by atoms with Gasteiger partial charge in [0.05, 0.1) is 23.6 Å². The average molecular weight is 459 g/mol. The van der Waals surface area contributed by atoms with Crippen LogP contribution < -0.4 is 20.5 Å². The molecule has 3 heterocycles. The molecule has 2 N–H and O–H groups in total. The number of H-pyrrole nitrogens is 1. The number of hydrogen-bond acceptors (Lipinski definition) is 6. The smallest absolute Gasteiger partial charge is 0.277 e. The lowest BCUT2D eigenvalue weighted by molar-refractivity contribution is 0.341. The number of piperidine rings is 1. The number of aromatic nitrogens is 4. The van der Waals surface area contributed by atoms with Gasteiger partial charge in [0.1, 0.15) is 17.1 Å². The summed E-state index contributed by atoms with van der Waals surface area (Å²) in [4.78, 5) is 23.4. The zero-order chi connectivity index (χ0) is 23.7. The van der Waals surface area contributed by atoms with Crippen LogP contribution >= 0.6 is 0 Å². The summed E-state index contributed by atoms with van der Waals surface area (Å²) in [5.74, 6) is 1.20. The Bertz CT molecular complexity index is 1350. The van der Waals surface area contributed by atoms with Gasteiger partial charge in [-0.15, -0.1) is 0 Å². The Morgan fingerprint density at radius 2 is 1.88 bits per heavy atom. The van der Waals surface area contributed by atoms with E-state index in [9.17, 15) is 4.79 Å². The number of para-hydroxylation sites is 1. The molecule has 5 rings (SSSR count). The summed E-state index contributed by atoms with van der Waals surface area (Å²) < 4.78 is 7.65. The first kappa shape index (κ1) is 22.2. The zero-order valence-corrected chi connectivity index (χ0v) is 19.8. The minimum Gasteiger partial charge on any atom is -0.493 e. The molecule has 8 heteroatoms. The Labute approximate surface area is 198 Å². The topological polar surface area (TPSA) is 88.1 Å². The van der Waals surface area contributed by atoms with E-state index in [2.05, 4.69) is 32.4 Å². The highest BCUT2D eigenvalue weighted by Crippen LogP contribution is 2.33. The second kappa shape index (κ2) is 9.30. The normalized spacial score (nSPS) is 14.6. The SMILES string of the molecule is CCOc1cc(N2CCC(NC)CC2)ccc1-c1nc2c(C)nn(-c3ccccc3)c2c(=O)[nH]1. The van der Waals surface area contributed by atoms with Gasteiger partial charge in [-0.3, -0.25) is 4.79 Å². The molecule has 1 aliphatic heterocycles. The second-order valence-electron chi connectivity index (χ2n) is 8.61. The lowest BCUT2D eigenvalue weighted by atomic mass is 10.0. The van der Waals surface area contributed by atoms with Crippen LogP contribution in [0.1, 0.15) is 25.5 Å². The van der Waals surface area contributed by atoms with E-state index >= 15 is 0 Å². The molecule has 0 unspecified atom stereocenters. The van der Waals surface area contributed by atoms with Gasteiger partial charge in [-0.25, -0.2) is 9.67 Å². The van der Waals surface area contributed by atoms with Gasteiger partial charge in [-0.05, 0) is 58.0 Å². The molecular weight excluding hydrogens is 428 g/mol. The number of ether oxygens (including phenoxy) is 1. The van der Waals surface area contributed by atoms with Crippen molar-refractivity contribution in [3.63, 3.8) is 0 Å². The van der Waals surface area contributed by atoms with Crippen molar-refractivity contribution in [2.75, 3.05) is 31.6 Å². The van der Waals surface area contributed by atoms with Crippen molar-refractivity contribution < 1.29 is 4.74 Å². The fourth-order valence-corrected chi connectivity index (χ4v) is 4.65. The van der Waals surface area contributed by atoms with Crippen LogP contribution in [0.5, 0.6) is 5.75 Å². The summed E-state index contributed by atoms with van der Waals surface area (Å²) in [5, 5.41) is 7.97. The van der Waals surface area contributed by atoms with Gasteiger partial charge in [0, 0.05) is 30.9 Å². The largest absolute Gasteiger partial charge is 0.493 e. The van der Waals surface area contributed by atoms with E-state index in [1.165, 1.54) is 0 Å². The molecule has 1 aliphatic rings. The van der Waals surface area contributed by atoms with E-state index in [0.29, 0.717) is 40.9 Å². The first-order valence-corrected chi connectivity index (χ1v) is 11.8. The van der Waals surface area contributed by atoms with E-state index in [1.807, 2.05) is 57.3 Å². The number of fused-ring (bicyclic) bond motifs is 1. The molecule has 0 bridgehead atoms. The van der Waals surface area contributed by atoms with Crippen molar-refractivity contribution in [1.29, 1.82) is 0 Å². The van der Waals surface area contributed by atoms with Gasteiger partial charge in [0.15, 0.2) is 5.52 Å². The predicted octanol–water partition coefficient (Wildman–Crippen LogP) is 3.67. The van der Waals surface area contributed by atoms with Crippen LogP contribution in [0.25, 0.3) is 28.1 Å². The van der Waals surface area contributed by atoms with Gasteiger partial charge in [-0.2, -0.15) is 5.10 Å². The lowest BCUT2D eigenvalue weighted by Gasteiger charge is -2.33. The molecule has 4 aromatic rings. The Morgan fingerprint density at radius 1 is 1.12 bits per heavy atom. The fraction of sp³-hybridized carbons (Fsp3) is 0.346. The monoisotopic (exact) mass is 458 g/mol. The maximum Gasteiger partial charge on any atom is 0.277 e. The van der Waals surface area contributed by atoms with Gasteiger partial charge in [0.25, 0.3) is 5.56 Å². The summed E-state index contributed by atoms with van der Waals surface area (Å²) in [6, 6.07) is 16.3. The molecule has 0 spiro atoms. The van der Waals surface area contributed by atoms with E-state index in [1.54, 1.807) is 4.68 Å². The number of anilines is 1. The highest BCUT2D eigenvalue weighted by Gasteiger charge is 2.21. The van der Waals surface area contributed by atoms with Crippen molar-refractivity contribution in [1.82, 2.24) is 25.1 Å². The summed E-state index contributed by atoms with van der Waals surface area (Å²) in [6.07, 6.45) is 2.22. The van der Waals surface area contributed by atoms with Gasteiger partial charge >= 0.3 is 0 Å². The highest BCUT2D eigenvalue weighted by molar-refractivity contribution is 5.81. The van der Waals surface area contributed by atoms with Crippen molar-refractivity contribution in [3.05, 3.63) is 64.6 Å². The molecule has 0 aliphatic carbocycles. The van der Waals surface area contributed by atoms with E-state index in [-0.39, 0.29) is 5.56 Å². The number of benzene rings is 2. The third kappa shape index (κ3) is 4.05. The second-order valence-corrected chi connectivity index (χ2v) is 8.61. The van der Waals surface area contributed by atoms with Crippen LogP contribution in [-0.2, 0) is 0 Å². The number of aromatic amines is 1. The lowest BCUT2D eigenvalue weighted by Crippen LogP contribution is -2.41. The Balaban J connectivity index is 1.55. The van der Waals surface area contributed by atoms with Crippen LogP contribution in [0.2, 0.25) is 0 Å². The molecule has 2 aromatic heterocycles. The summed E-state index contributed by atoms with van der Waals surface area (Å²) in [7, 11) is 2.03. The summed E-state index contributed by atoms with van der Waals surface area (Å²) in [5.41, 5.74) is 4.21. The zero-order valence-electron chi connectivity index (χ0n) is 19.8. The third-order valence-electron chi connectivity index (χ3n) is 6.49. The van der Waals surface area contributed by atoms with Crippen molar-refractivity contribution in [3.8, 4) is 22.8 Å². The maximum atomic E-state index is 13.2. The molecule has 176 valence electrons. The van der Waals surface area contributed by atoms with Crippen molar-refractivity contribution >= 4 is 16.7 Å². The molecule has 0 amide bonds. The number of nitrogens with zero attached hydrogens (tertiary/aromatic N) is 4. The van der Waals surface area contributed by atoms with Crippen LogP contribution in [0.3, 0.4) is 0 Å². The van der Waals surface area contributed by atoms with Gasteiger partial charge in [0.2, 0.25) is 0 Å². The molecule has 8 nitrogen and oxygen atoms in total. The summed E-state index contributed by atoms with van der Waals surface area (Å²) >= 11 is 0. The van der Waals surface area contributed by atoms with Crippen LogP contribution in [-0.4, -0.2) is 52.5 Å². The highest BCUT2D eigenvalue weighted by atomic mass is 16.5. The quantitative estimate of drug-likeness (QED) is 0.458. The molecule has 1 fully saturated rings. The molecular formula is C26H30N6O2. The standard InChI is InChI=1S/C26H30N6O2/c1-4-34-22-16-20(31-14-12-18(27-3)13-15-31)10-11-21(22)25-28-23-17(2)30-32(24(23)26(33)29-25)19-8-6-5-7-9-19/h5-11,16,18,27H,4,12-15H2,1-3H3,(H,28,29,33). The third-order valence-corrected chi connectivity index (χ3v) is 6.49. The van der Waals surface area contributed by atoms with Crippen LogP contribution in [0.4, 0.5) is 5.69 Å². The molecule has 1 saturated heterocycles. The Kier molecular flexibility index (Phi) is 6.06. The molecule has 0 saturated carbocycles. The summed E-state index contributed by atoms with van der Waals surface area (Å²) in [6.45, 7) is 6.35. The first-order valence-electron chi connectivity index (χ1n) is 11.8. The van der Waals surface area contributed by atoms with Crippen LogP contribution in [0.15, 0.2) is 53.3 Å². The minimum absolute atomic E-state index is 0.231. The number of rotatable bonds is 6. The van der Waals surface area contributed by atoms with Gasteiger partial charge in [-0.1, -0.05) is 18.2 Å². The Hall–Kier alpha value is -3.65. The minimum atomic E-state index is -0.231. The maximum absolute atomic E-state index is 13.2. The number of hydrogen-bond donors (Lipinski definition) is 2.